The summed E-state index contributed by atoms with van der Waals surface area (Å²) in [5, 5.41) is 10.3. The van der Waals surface area contributed by atoms with Crippen molar-refractivity contribution in [1.29, 1.82) is 0 Å². The number of aromatic nitrogens is 3. The molecule has 3 rings (SSSR count). The molecular formula is C17H24ClN5O. The lowest BCUT2D eigenvalue weighted by molar-refractivity contribution is -0.119. The smallest absolute Gasteiger partial charge is 0.227 e. The van der Waals surface area contributed by atoms with Crippen molar-refractivity contribution < 1.29 is 4.79 Å². The first-order valence-corrected chi connectivity index (χ1v) is 8.12. The predicted octanol–water partition coefficient (Wildman–Crippen LogP) is 3.08. The Morgan fingerprint density at radius 3 is 2.71 bits per heavy atom. The third-order valence-corrected chi connectivity index (χ3v) is 4.32. The van der Waals surface area contributed by atoms with E-state index in [1.807, 2.05) is 24.3 Å². The highest BCUT2D eigenvalue weighted by Crippen LogP contribution is 2.29. The van der Waals surface area contributed by atoms with Crippen LogP contribution in [-0.2, 0) is 4.79 Å². The molecule has 130 valence electrons. The van der Waals surface area contributed by atoms with Gasteiger partial charge in [0, 0.05) is 23.4 Å². The summed E-state index contributed by atoms with van der Waals surface area (Å²) in [5.41, 5.74) is 7.47. The number of aromatic amines is 1. The van der Waals surface area contributed by atoms with E-state index in [2.05, 4.69) is 34.3 Å². The summed E-state index contributed by atoms with van der Waals surface area (Å²) in [6.07, 6.45) is 2.53. The Morgan fingerprint density at radius 2 is 2.08 bits per heavy atom. The summed E-state index contributed by atoms with van der Waals surface area (Å²) >= 11 is 0. The predicted molar refractivity (Wildman–Crippen MR) is 97.1 cm³/mol. The number of hydrogen-bond donors (Lipinski definition) is 3. The van der Waals surface area contributed by atoms with Gasteiger partial charge in [0.1, 0.15) is 5.82 Å². The summed E-state index contributed by atoms with van der Waals surface area (Å²) in [6.45, 7) is 4.11. The minimum Gasteiger partial charge on any atom is -0.328 e. The molecule has 0 saturated heterocycles. The second kappa shape index (κ2) is 7.77. The van der Waals surface area contributed by atoms with E-state index < -0.39 is 0 Å². The van der Waals surface area contributed by atoms with Crippen molar-refractivity contribution in [3.63, 3.8) is 0 Å². The van der Waals surface area contributed by atoms with Gasteiger partial charge in [-0.25, -0.2) is 4.98 Å². The van der Waals surface area contributed by atoms with Crippen molar-refractivity contribution in [2.45, 2.75) is 45.1 Å². The van der Waals surface area contributed by atoms with Gasteiger partial charge in [0.2, 0.25) is 5.91 Å². The molecule has 1 amide bonds. The van der Waals surface area contributed by atoms with Crippen LogP contribution in [0.2, 0.25) is 0 Å². The highest BCUT2D eigenvalue weighted by molar-refractivity contribution is 5.96. The van der Waals surface area contributed by atoms with E-state index >= 15 is 0 Å². The quantitative estimate of drug-likeness (QED) is 0.790. The zero-order chi connectivity index (χ0) is 16.4. The lowest BCUT2D eigenvalue weighted by Crippen LogP contribution is -2.23. The zero-order valence-electron chi connectivity index (χ0n) is 14.0. The largest absolute Gasteiger partial charge is 0.328 e. The van der Waals surface area contributed by atoms with E-state index in [9.17, 15) is 4.79 Å². The molecule has 0 radical (unpaired) electrons. The normalized spacial score (nSPS) is 20.0. The maximum atomic E-state index is 12.4. The number of H-pyrrole nitrogens is 1. The van der Waals surface area contributed by atoms with E-state index in [0.29, 0.717) is 5.82 Å². The van der Waals surface area contributed by atoms with Gasteiger partial charge in [-0.05, 0) is 31.4 Å². The van der Waals surface area contributed by atoms with Gasteiger partial charge in [0.05, 0.1) is 5.69 Å². The number of amides is 1. The summed E-state index contributed by atoms with van der Waals surface area (Å²) in [5.74, 6) is 1.75. The first-order valence-electron chi connectivity index (χ1n) is 8.12. The molecule has 0 bridgehead atoms. The average molecular weight is 350 g/mol. The van der Waals surface area contributed by atoms with Crippen LogP contribution in [0.1, 0.15) is 44.9 Å². The van der Waals surface area contributed by atoms with E-state index in [1.165, 1.54) is 0 Å². The molecule has 1 saturated carbocycles. The first-order chi connectivity index (χ1) is 11.0. The number of nitrogens with two attached hydrogens (primary N) is 1. The highest BCUT2D eigenvalue weighted by atomic mass is 35.5. The number of para-hydroxylation sites is 1. The van der Waals surface area contributed by atoms with Crippen LogP contribution < -0.4 is 11.1 Å². The van der Waals surface area contributed by atoms with Crippen molar-refractivity contribution in [1.82, 2.24) is 15.2 Å². The molecule has 1 aromatic heterocycles. The maximum absolute atomic E-state index is 12.4. The number of nitrogens with zero attached hydrogens (tertiary/aromatic N) is 2. The van der Waals surface area contributed by atoms with Crippen LogP contribution in [0.4, 0.5) is 5.69 Å². The van der Waals surface area contributed by atoms with Gasteiger partial charge in [0.25, 0.3) is 0 Å². The summed E-state index contributed by atoms with van der Waals surface area (Å²) in [6, 6.07) is 7.76. The molecule has 1 fully saturated rings. The van der Waals surface area contributed by atoms with Crippen LogP contribution >= 0.6 is 12.4 Å². The van der Waals surface area contributed by atoms with E-state index in [0.717, 1.165) is 36.3 Å². The Bertz CT molecular complexity index is 700. The van der Waals surface area contributed by atoms with E-state index in [4.69, 9.17) is 5.73 Å². The topological polar surface area (TPSA) is 96.7 Å². The molecule has 7 heteroatoms. The van der Waals surface area contributed by atoms with Crippen molar-refractivity contribution in [2.75, 3.05) is 5.32 Å². The molecule has 2 unspecified atom stereocenters. The highest BCUT2D eigenvalue weighted by Gasteiger charge is 2.28. The van der Waals surface area contributed by atoms with Gasteiger partial charge in [-0.15, -0.1) is 12.4 Å². The first kappa shape index (κ1) is 18.4. The molecule has 24 heavy (non-hydrogen) atoms. The number of nitrogens with one attached hydrogen (secondary N) is 2. The van der Waals surface area contributed by atoms with Crippen molar-refractivity contribution in [2.24, 2.45) is 11.7 Å². The molecule has 0 aliphatic heterocycles. The molecule has 1 aliphatic carbocycles. The van der Waals surface area contributed by atoms with Gasteiger partial charge >= 0.3 is 0 Å². The third-order valence-electron chi connectivity index (χ3n) is 4.32. The maximum Gasteiger partial charge on any atom is 0.227 e. The van der Waals surface area contributed by atoms with Gasteiger partial charge in [-0.3, -0.25) is 9.89 Å². The van der Waals surface area contributed by atoms with Crippen molar-refractivity contribution in [3.8, 4) is 11.4 Å². The molecule has 0 spiro atoms. The third kappa shape index (κ3) is 3.94. The van der Waals surface area contributed by atoms with Crippen molar-refractivity contribution in [3.05, 3.63) is 30.1 Å². The number of anilines is 1. The Kier molecular flexibility index (Phi) is 5.96. The Morgan fingerprint density at radius 1 is 1.33 bits per heavy atom. The molecule has 6 nitrogen and oxygen atoms in total. The van der Waals surface area contributed by atoms with Crippen LogP contribution in [0, 0.1) is 5.92 Å². The monoisotopic (exact) mass is 349 g/mol. The van der Waals surface area contributed by atoms with E-state index in [1.54, 1.807) is 0 Å². The van der Waals surface area contributed by atoms with Crippen LogP contribution in [0.3, 0.4) is 0 Å². The zero-order valence-corrected chi connectivity index (χ0v) is 14.8. The van der Waals surface area contributed by atoms with Crippen LogP contribution in [0.5, 0.6) is 0 Å². The van der Waals surface area contributed by atoms with E-state index in [-0.39, 0.29) is 36.2 Å². The van der Waals surface area contributed by atoms with Crippen molar-refractivity contribution >= 4 is 24.0 Å². The molecule has 1 aromatic carbocycles. The van der Waals surface area contributed by atoms with Gasteiger partial charge in [0.15, 0.2) is 5.82 Å². The minimum atomic E-state index is -0.00331. The van der Waals surface area contributed by atoms with Gasteiger partial charge < -0.3 is 11.1 Å². The fraction of sp³-hybridized carbons (Fsp3) is 0.471. The number of benzene rings is 1. The second-order valence-corrected chi connectivity index (χ2v) is 6.50. The number of carbonyl (C=O) groups is 1. The lowest BCUT2D eigenvalue weighted by Gasteiger charge is -2.13. The van der Waals surface area contributed by atoms with Crippen LogP contribution in [0.15, 0.2) is 24.3 Å². The van der Waals surface area contributed by atoms with Gasteiger partial charge in [-0.2, -0.15) is 5.10 Å². The molecule has 1 heterocycles. The lowest BCUT2D eigenvalue weighted by atomic mass is 10.1. The van der Waals surface area contributed by atoms with Crippen LogP contribution in [-0.4, -0.2) is 27.1 Å². The fourth-order valence-corrected chi connectivity index (χ4v) is 2.93. The summed E-state index contributed by atoms with van der Waals surface area (Å²) < 4.78 is 0. The SMILES string of the molecule is CC(C)c1nc(-c2ccccc2NC(=O)C2CCC(N)C2)n[nH]1.Cl. The molecule has 2 aromatic rings. The molecule has 1 aliphatic rings. The van der Waals surface area contributed by atoms with Crippen LogP contribution in [0.25, 0.3) is 11.4 Å². The number of halogens is 1. The Hall–Kier alpha value is -1.92. The standard InChI is InChI=1S/C17H23N5O.ClH/c1-10(2)15-20-16(22-21-15)13-5-3-4-6-14(13)19-17(23)11-7-8-12(18)9-11;/h3-6,10-12H,7-9,18H2,1-2H3,(H,19,23)(H,20,21,22);1H. The number of rotatable bonds is 4. The minimum absolute atomic E-state index is 0. The number of hydrogen-bond acceptors (Lipinski definition) is 4. The van der Waals surface area contributed by atoms with Gasteiger partial charge in [-0.1, -0.05) is 26.0 Å². The second-order valence-electron chi connectivity index (χ2n) is 6.50. The Labute approximate surface area is 148 Å². The number of carbonyl (C=O) groups excluding carboxylic acids is 1. The molecule has 2 atom stereocenters. The fourth-order valence-electron chi connectivity index (χ4n) is 2.93. The summed E-state index contributed by atoms with van der Waals surface area (Å²) in [7, 11) is 0. The molecule has 4 N–H and O–H groups in total. The Balaban J connectivity index is 0.00000208. The average Bonchev–Trinajstić information content (AvgIpc) is 3.17. The molecular weight excluding hydrogens is 326 g/mol. The summed E-state index contributed by atoms with van der Waals surface area (Å²) in [4.78, 5) is 17.0.